The molecule has 1 saturated heterocycles. The van der Waals surface area contributed by atoms with Crippen molar-refractivity contribution < 1.29 is 4.79 Å². The molecule has 0 radical (unpaired) electrons. The van der Waals surface area contributed by atoms with E-state index >= 15 is 0 Å². The monoisotopic (exact) mass is 288 g/mol. The summed E-state index contributed by atoms with van der Waals surface area (Å²) in [7, 11) is 2.01. The van der Waals surface area contributed by atoms with Crippen LogP contribution in [-0.2, 0) is 4.79 Å². The molecule has 1 atom stereocenters. The maximum atomic E-state index is 12.5. The fourth-order valence-corrected chi connectivity index (χ4v) is 3.09. The summed E-state index contributed by atoms with van der Waals surface area (Å²) >= 11 is 0. The minimum atomic E-state index is 0.317. The molecule has 21 heavy (non-hydrogen) atoms. The van der Waals surface area contributed by atoms with Gasteiger partial charge in [-0.3, -0.25) is 4.79 Å². The summed E-state index contributed by atoms with van der Waals surface area (Å²) in [5.41, 5.74) is 2.57. The molecule has 0 spiro atoms. The minimum Gasteiger partial charge on any atom is -0.343 e. The predicted octanol–water partition coefficient (Wildman–Crippen LogP) is 3.09. The average molecular weight is 288 g/mol. The van der Waals surface area contributed by atoms with E-state index in [1.54, 1.807) is 0 Å². The molecule has 3 heteroatoms. The molecule has 1 fully saturated rings. The summed E-state index contributed by atoms with van der Waals surface area (Å²) in [4.78, 5) is 14.6. The van der Waals surface area contributed by atoms with Crippen molar-refractivity contribution in [3.63, 3.8) is 0 Å². The van der Waals surface area contributed by atoms with Crippen LogP contribution in [0, 0.1) is 6.92 Å². The lowest BCUT2D eigenvalue weighted by atomic mass is 9.91. The lowest BCUT2D eigenvalue weighted by Gasteiger charge is -2.32. The second-order valence-corrected chi connectivity index (χ2v) is 6.16. The molecule has 0 aliphatic carbocycles. The lowest BCUT2D eigenvalue weighted by Crippen LogP contribution is -2.44. The SMILES string of the molecule is CCC(CC(=O)N1CCC(NC)CC1)c1ccc(C)cc1. The molecule has 1 aromatic rings. The topological polar surface area (TPSA) is 32.3 Å². The van der Waals surface area contributed by atoms with E-state index < -0.39 is 0 Å². The van der Waals surface area contributed by atoms with Crippen LogP contribution in [0.15, 0.2) is 24.3 Å². The number of aryl methyl sites for hydroxylation is 1. The molecule has 1 aliphatic heterocycles. The van der Waals surface area contributed by atoms with E-state index in [4.69, 9.17) is 0 Å². The van der Waals surface area contributed by atoms with E-state index in [0.29, 0.717) is 24.3 Å². The van der Waals surface area contributed by atoms with Crippen LogP contribution < -0.4 is 5.32 Å². The predicted molar refractivity (Wildman–Crippen MR) is 87.5 cm³/mol. The van der Waals surface area contributed by atoms with Gasteiger partial charge < -0.3 is 10.2 Å². The molecule has 0 aromatic heterocycles. The first-order valence-electron chi connectivity index (χ1n) is 8.15. The van der Waals surface area contributed by atoms with Crippen molar-refractivity contribution in [3.05, 3.63) is 35.4 Å². The van der Waals surface area contributed by atoms with Crippen molar-refractivity contribution in [1.82, 2.24) is 10.2 Å². The van der Waals surface area contributed by atoms with Crippen molar-refractivity contribution in [2.45, 2.75) is 51.5 Å². The van der Waals surface area contributed by atoms with E-state index in [9.17, 15) is 4.79 Å². The first-order valence-corrected chi connectivity index (χ1v) is 8.15. The molecule has 0 bridgehead atoms. The smallest absolute Gasteiger partial charge is 0.223 e. The van der Waals surface area contributed by atoms with E-state index in [0.717, 1.165) is 32.4 Å². The zero-order valence-corrected chi connectivity index (χ0v) is 13.6. The first-order chi connectivity index (χ1) is 10.1. The largest absolute Gasteiger partial charge is 0.343 e. The highest BCUT2D eigenvalue weighted by atomic mass is 16.2. The Morgan fingerprint density at radius 2 is 1.90 bits per heavy atom. The van der Waals surface area contributed by atoms with Crippen LogP contribution >= 0.6 is 0 Å². The van der Waals surface area contributed by atoms with Gasteiger partial charge in [0.1, 0.15) is 0 Å². The maximum absolute atomic E-state index is 12.5. The third-order valence-corrected chi connectivity index (χ3v) is 4.72. The fraction of sp³-hybridized carbons (Fsp3) is 0.611. The van der Waals surface area contributed by atoms with Gasteiger partial charge in [-0.15, -0.1) is 0 Å². The summed E-state index contributed by atoms with van der Waals surface area (Å²) in [6.07, 6.45) is 3.80. The average Bonchev–Trinajstić information content (AvgIpc) is 2.53. The Morgan fingerprint density at radius 3 is 2.43 bits per heavy atom. The van der Waals surface area contributed by atoms with E-state index in [2.05, 4.69) is 43.4 Å². The molecule has 1 amide bonds. The second-order valence-electron chi connectivity index (χ2n) is 6.16. The van der Waals surface area contributed by atoms with E-state index in [1.165, 1.54) is 11.1 Å². The number of piperidine rings is 1. The van der Waals surface area contributed by atoms with Gasteiger partial charge in [0, 0.05) is 25.6 Å². The molecule has 0 saturated carbocycles. The van der Waals surface area contributed by atoms with Crippen molar-refractivity contribution >= 4 is 5.91 Å². The van der Waals surface area contributed by atoms with Crippen LogP contribution in [0.5, 0.6) is 0 Å². The Kier molecular flexibility index (Phi) is 5.80. The molecular formula is C18H28N2O. The van der Waals surface area contributed by atoms with Crippen LogP contribution in [0.4, 0.5) is 0 Å². The molecule has 2 rings (SSSR count). The minimum absolute atomic E-state index is 0.317. The maximum Gasteiger partial charge on any atom is 0.223 e. The van der Waals surface area contributed by atoms with Crippen molar-refractivity contribution in [3.8, 4) is 0 Å². The Hall–Kier alpha value is -1.35. The molecule has 1 N–H and O–H groups in total. The summed E-state index contributed by atoms with van der Waals surface area (Å²) in [5.74, 6) is 0.664. The summed E-state index contributed by atoms with van der Waals surface area (Å²) in [5, 5.41) is 3.31. The van der Waals surface area contributed by atoms with Gasteiger partial charge in [0.25, 0.3) is 0 Å². The Morgan fingerprint density at radius 1 is 1.29 bits per heavy atom. The van der Waals surface area contributed by atoms with Crippen LogP contribution in [-0.4, -0.2) is 37.0 Å². The van der Waals surface area contributed by atoms with Gasteiger partial charge in [-0.05, 0) is 44.7 Å². The summed E-state index contributed by atoms with van der Waals surface area (Å²) in [6.45, 7) is 6.07. The normalized spacial score (nSPS) is 17.8. The first kappa shape index (κ1) is 16.0. The highest BCUT2D eigenvalue weighted by molar-refractivity contribution is 5.77. The van der Waals surface area contributed by atoms with Crippen LogP contribution in [0.1, 0.15) is 49.7 Å². The number of rotatable bonds is 5. The number of nitrogens with one attached hydrogen (secondary N) is 1. The molecule has 1 heterocycles. The second kappa shape index (κ2) is 7.60. The van der Waals surface area contributed by atoms with Gasteiger partial charge in [-0.1, -0.05) is 36.8 Å². The van der Waals surface area contributed by atoms with Gasteiger partial charge in [-0.2, -0.15) is 0 Å². The molecule has 1 unspecified atom stereocenters. The molecule has 1 aromatic carbocycles. The van der Waals surface area contributed by atoms with Crippen LogP contribution in [0.25, 0.3) is 0 Å². The van der Waals surface area contributed by atoms with Crippen LogP contribution in [0.3, 0.4) is 0 Å². The molecular weight excluding hydrogens is 260 g/mol. The number of carbonyl (C=O) groups is 1. The van der Waals surface area contributed by atoms with Gasteiger partial charge in [0.2, 0.25) is 5.91 Å². The summed E-state index contributed by atoms with van der Waals surface area (Å²) in [6, 6.07) is 9.20. The Balaban J connectivity index is 1.92. The number of hydrogen-bond acceptors (Lipinski definition) is 2. The quantitative estimate of drug-likeness (QED) is 0.903. The molecule has 116 valence electrons. The van der Waals surface area contributed by atoms with Gasteiger partial charge in [0.05, 0.1) is 0 Å². The number of amides is 1. The van der Waals surface area contributed by atoms with Crippen molar-refractivity contribution in [1.29, 1.82) is 0 Å². The van der Waals surface area contributed by atoms with Crippen molar-refractivity contribution in [2.24, 2.45) is 0 Å². The zero-order valence-electron chi connectivity index (χ0n) is 13.6. The number of carbonyl (C=O) groups excluding carboxylic acids is 1. The van der Waals surface area contributed by atoms with Crippen molar-refractivity contribution in [2.75, 3.05) is 20.1 Å². The molecule has 3 nitrogen and oxygen atoms in total. The third kappa shape index (κ3) is 4.31. The number of benzene rings is 1. The zero-order chi connectivity index (χ0) is 15.2. The van der Waals surface area contributed by atoms with Gasteiger partial charge in [0.15, 0.2) is 0 Å². The lowest BCUT2D eigenvalue weighted by molar-refractivity contribution is -0.132. The number of nitrogens with zero attached hydrogens (tertiary/aromatic N) is 1. The molecule has 1 aliphatic rings. The summed E-state index contributed by atoms with van der Waals surface area (Å²) < 4.78 is 0. The van der Waals surface area contributed by atoms with Gasteiger partial charge in [-0.25, -0.2) is 0 Å². The number of likely N-dealkylation sites (tertiary alicyclic amines) is 1. The Bertz CT molecular complexity index is 447. The van der Waals surface area contributed by atoms with Crippen LogP contribution in [0.2, 0.25) is 0 Å². The number of hydrogen-bond donors (Lipinski definition) is 1. The highest BCUT2D eigenvalue weighted by Crippen LogP contribution is 2.25. The van der Waals surface area contributed by atoms with E-state index in [-0.39, 0.29) is 0 Å². The highest BCUT2D eigenvalue weighted by Gasteiger charge is 2.24. The van der Waals surface area contributed by atoms with E-state index in [1.807, 2.05) is 11.9 Å². The third-order valence-electron chi connectivity index (χ3n) is 4.72. The standard InChI is InChI=1S/C18H28N2O/c1-4-15(16-7-5-14(2)6-8-16)13-18(21)20-11-9-17(19-3)10-12-20/h5-8,15,17,19H,4,9-13H2,1-3H3. The fourth-order valence-electron chi connectivity index (χ4n) is 3.09. The van der Waals surface area contributed by atoms with Gasteiger partial charge >= 0.3 is 0 Å². The Labute approximate surface area is 128 Å².